The highest BCUT2D eigenvalue weighted by atomic mass is 16.5. The van der Waals surface area contributed by atoms with Crippen LogP contribution < -0.4 is 0 Å². The van der Waals surface area contributed by atoms with E-state index in [1.54, 1.807) is 0 Å². The lowest BCUT2D eigenvalue weighted by molar-refractivity contribution is -0.132. The number of rotatable bonds is 10. The van der Waals surface area contributed by atoms with Crippen molar-refractivity contribution in [1.82, 2.24) is 9.80 Å². The zero-order chi connectivity index (χ0) is 21.9. The van der Waals surface area contributed by atoms with E-state index >= 15 is 0 Å². The Balaban J connectivity index is 1.14. The van der Waals surface area contributed by atoms with Gasteiger partial charge in [-0.05, 0) is 49.7 Å². The van der Waals surface area contributed by atoms with Gasteiger partial charge in [-0.3, -0.25) is 9.59 Å². The third-order valence-electron chi connectivity index (χ3n) is 7.31. The summed E-state index contributed by atoms with van der Waals surface area (Å²) in [5.74, 6) is 1.42. The van der Waals surface area contributed by atoms with Crippen LogP contribution in [0.15, 0.2) is 24.3 Å². The molecule has 0 N–H and O–H groups in total. The average molecular weight is 441 g/mol. The maximum Gasteiger partial charge on any atom is 0.227 e. The fraction of sp³-hybridized carbons (Fsp3) is 0.692. The molecule has 0 bridgehead atoms. The first kappa shape index (κ1) is 21.9. The number of nitrogens with zero attached hydrogens (tertiary/aromatic N) is 2. The van der Waals surface area contributed by atoms with E-state index in [2.05, 4.69) is 9.80 Å². The van der Waals surface area contributed by atoms with Gasteiger partial charge < -0.3 is 19.3 Å². The van der Waals surface area contributed by atoms with Crippen LogP contribution in [-0.4, -0.2) is 73.2 Å². The minimum atomic E-state index is 0.224. The Morgan fingerprint density at radius 2 is 1.09 bits per heavy atom. The molecule has 2 amide bonds. The zero-order valence-corrected chi connectivity index (χ0v) is 19.0. The molecule has 1 aromatic rings. The lowest BCUT2D eigenvalue weighted by Gasteiger charge is -2.26. The Morgan fingerprint density at radius 1 is 0.688 bits per heavy atom. The van der Waals surface area contributed by atoms with Gasteiger partial charge >= 0.3 is 0 Å². The van der Waals surface area contributed by atoms with Gasteiger partial charge in [-0.2, -0.15) is 0 Å². The van der Waals surface area contributed by atoms with Crippen LogP contribution in [0, 0.1) is 11.8 Å². The summed E-state index contributed by atoms with van der Waals surface area (Å²) < 4.78 is 11.0. The van der Waals surface area contributed by atoms with Crippen LogP contribution in [0.25, 0.3) is 0 Å². The number of hydrogen-bond acceptors (Lipinski definition) is 4. The smallest absolute Gasteiger partial charge is 0.227 e. The summed E-state index contributed by atoms with van der Waals surface area (Å²) in [5.41, 5.74) is 2.06. The van der Waals surface area contributed by atoms with Crippen LogP contribution >= 0.6 is 0 Å². The van der Waals surface area contributed by atoms with Crippen molar-refractivity contribution in [3.05, 3.63) is 35.4 Å². The Bertz CT molecular complexity index is 724. The number of ether oxygens (including phenoxy) is 2. The summed E-state index contributed by atoms with van der Waals surface area (Å²) in [4.78, 5) is 30.2. The molecule has 2 unspecified atom stereocenters. The number of amides is 2. The number of benzene rings is 1. The lowest BCUT2D eigenvalue weighted by Crippen LogP contribution is -2.38. The summed E-state index contributed by atoms with van der Waals surface area (Å²) in [6.07, 6.45) is 7.52. The van der Waals surface area contributed by atoms with Crippen molar-refractivity contribution in [2.75, 3.05) is 39.5 Å². The van der Waals surface area contributed by atoms with Gasteiger partial charge in [0.05, 0.1) is 26.1 Å². The Labute approximate surface area is 191 Å². The van der Waals surface area contributed by atoms with Gasteiger partial charge in [-0.1, -0.05) is 24.3 Å². The molecule has 32 heavy (non-hydrogen) atoms. The van der Waals surface area contributed by atoms with Crippen molar-refractivity contribution in [2.45, 2.75) is 63.5 Å². The molecule has 2 aliphatic heterocycles. The van der Waals surface area contributed by atoms with Crippen molar-refractivity contribution in [1.29, 1.82) is 0 Å². The second kappa shape index (κ2) is 9.92. The van der Waals surface area contributed by atoms with Crippen molar-refractivity contribution in [3.63, 3.8) is 0 Å². The van der Waals surface area contributed by atoms with Crippen LogP contribution in [0.4, 0.5) is 0 Å². The molecule has 4 aliphatic rings. The molecule has 2 atom stereocenters. The predicted molar refractivity (Wildman–Crippen MR) is 121 cm³/mol. The molecule has 2 aliphatic carbocycles. The molecule has 0 radical (unpaired) electrons. The molecule has 6 nitrogen and oxygen atoms in total. The molecular weight excluding hydrogens is 404 g/mol. The maximum atomic E-state index is 13.0. The first-order valence-electron chi connectivity index (χ1n) is 12.5. The number of carbonyl (C=O) groups excluding carboxylic acids is 2. The van der Waals surface area contributed by atoms with Crippen molar-refractivity contribution in [2.24, 2.45) is 11.8 Å². The quantitative estimate of drug-likeness (QED) is 0.561. The van der Waals surface area contributed by atoms with Gasteiger partial charge in [-0.15, -0.1) is 0 Å². The standard InChI is InChI=1S/C26H36N2O4/c29-25(27(23-5-6-23)15-21-9-11-31-17-21)13-19-1-2-20(4-3-19)14-26(30)28(24-7-8-24)16-22-10-12-32-18-22/h1-4,21-24H,5-18H2. The summed E-state index contributed by atoms with van der Waals surface area (Å²) in [7, 11) is 0. The van der Waals surface area contributed by atoms with Gasteiger partial charge in [-0.25, -0.2) is 0 Å². The molecule has 0 aromatic heterocycles. The van der Waals surface area contributed by atoms with Crippen molar-refractivity contribution < 1.29 is 19.1 Å². The lowest BCUT2D eigenvalue weighted by atomic mass is 10.0. The van der Waals surface area contributed by atoms with Gasteiger partial charge in [0.25, 0.3) is 0 Å². The monoisotopic (exact) mass is 440 g/mol. The van der Waals surface area contributed by atoms with Crippen LogP contribution in [0.3, 0.4) is 0 Å². The van der Waals surface area contributed by atoms with Gasteiger partial charge in [0.15, 0.2) is 0 Å². The highest BCUT2D eigenvalue weighted by molar-refractivity contribution is 5.80. The van der Waals surface area contributed by atoms with Gasteiger partial charge in [0.1, 0.15) is 0 Å². The highest BCUT2D eigenvalue weighted by Gasteiger charge is 2.35. The Kier molecular flexibility index (Phi) is 6.79. The van der Waals surface area contributed by atoms with E-state index in [0.29, 0.717) is 36.8 Å². The topological polar surface area (TPSA) is 59.1 Å². The molecule has 6 heteroatoms. The molecule has 2 saturated carbocycles. The maximum absolute atomic E-state index is 13.0. The summed E-state index contributed by atoms with van der Waals surface area (Å²) in [6.45, 7) is 4.88. The van der Waals surface area contributed by atoms with E-state index in [1.165, 1.54) is 0 Å². The van der Waals surface area contributed by atoms with E-state index in [1.807, 2.05) is 24.3 Å². The second-order valence-electron chi connectivity index (χ2n) is 10.2. The van der Waals surface area contributed by atoms with Crippen LogP contribution in [0.2, 0.25) is 0 Å². The average Bonchev–Trinajstić information content (AvgIpc) is 3.71. The second-order valence-corrected chi connectivity index (χ2v) is 10.2. The van der Waals surface area contributed by atoms with E-state index in [4.69, 9.17) is 9.47 Å². The molecule has 2 heterocycles. The fourth-order valence-electron chi connectivity index (χ4n) is 5.02. The predicted octanol–water partition coefficient (Wildman–Crippen LogP) is 2.83. The first-order valence-corrected chi connectivity index (χ1v) is 12.5. The Morgan fingerprint density at radius 3 is 1.41 bits per heavy atom. The minimum absolute atomic E-state index is 0.224. The third-order valence-corrected chi connectivity index (χ3v) is 7.31. The molecule has 1 aromatic carbocycles. The van der Waals surface area contributed by atoms with E-state index in [0.717, 1.165) is 89.2 Å². The van der Waals surface area contributed by atoms with Crippen molar-refractivity contribution in [3.8, 4) is 0 Å². The van der Waals surface area contributed by atoms with Crippen LogP contribution in [0.5, 0.6) is 0 Å². The highest BCUT2D eigenvalue weighted by Crippen LogP contribution is 2.31. The van der Waals surface area contributed by atoms with E-state index in [9.17, 15) is 9.59 Å². The van der Waals surface area contributed by atoms with E-state index in [-0.39, 0.29) is 11.8 Å². The normalized spacial score (nSPS) is 25.1. The van der Waals surface area contributed by atoms with Crippen LogP contribution in [-0.2, 0) is 31.9 Å². The van der Waals surface area contributed by atoms with Crippen molar-refractivity contribution >= 4 is 11.8 Å². The minimum Gasteiger partial charge on any atom is -0.381 e. The summed E-state index contributed by atoms with van der Waals surface area (Å²) in [5, 5.41) is 0. The van der Waals surface area contributed by atoms with Crippen LogP contribution in [0.1, 0.15) is 49.7 Å². The van der Waals surface area contributed by atoms with Gasteiger partial charge in [0.2, 0.25) is 11.8 Å². The molecule has 2 saturated heterocycles. The Hall–Kier alpha value is -1.92. The summed E-state index contributed by atoms with van der Waals surface area (Å²) in [6, 6.07) is 8.96. The number of carbonyl (C=O) groups is 2. The van der Waals surface area contributed by atoms with Gasteiger partial charge in [0, 0.05) is 50.2 Å². The molecule has 5 rings (SSSR count). The van der Waals surface area contributed by atoms with E-state index < -0.39 is 0 Å². The molecular formula is C26H36N2O4. The fourth-order valence-corrected chi connectivity index (χ4v) is 5.02. The first-order chi connectivity index (χ1) is 15.7. The third kappa shape index (κ3) is 5.70. The largest absolute Gasteiger partial charge is 0.381 e. The molecule has 174 valence electrons. The summed E-state index contributed by atoms with van der Waals surface area (Å²) >= 11 is 0. The molecule has 0 spiro atoms. The number of hydrogen-bond donors (Lipinski definition) is 0. The SMILES string of the molecule is O=C(Cc1ccc(CC(=O)N(CC2CCOC2)C2CC2)cc1)N(CC1CCOC1)C1CC1. The molecule has 4 fully saturated rings. The zero-order valence-electron chi connectivity index (χ0n) is 19.0.